The van der Waals surface area contributed by atoms with E-state index >= 15 is 0 Å². The molecule has 8 N–H and O–H groups in total. The number of carboxylic acid groups (broad SMARTS) is 1. The van der Waals surface area contributed by atoms with Crippen molar-refractivity contribution in [2.24, 2.45) is 5.14 Å². The van der Waals surface area contributed by atoms with Gasteiger partial charge in [0.2, 0.25) is 10.0 Å². The number of ether oxygens (including phenoxy) is 1. The van der Waals surface area contributed by atoms with Gasteiger partial charge >= 0.3 is 0 Å². The first kappa shape index (κ1) is 40.6. The summed E-state index contributed by atoms with van der Waals surface area (Å²) in [5.41, 5.74) is 2.03. The lowest BCUT2D eigenvalue weighted by atomic mass is 10.1. The van der Waals surface area contributed by atoms with E-state index in [1.807, 2.05) is 6.07 Å². The normalized spacial score (nSPS) is 12.2. The summed E-state index contributed by atoms with van der Waals surface area (Å²) < 4.78 is 57.0. The number of nitrogens with one attached hydrogen (secondary N) is 2. The molecule has 15 heteroatoms. The van der Waals surface area contributed by atoms with Gasteiger partial charge in [0.05, 0.1) is 28.2 Å². The van der Waals surface area contributed by atoms with E-state index in [0.29, 0.717) is 37.3 Å². The zero-order valence-electron chi connectivity index (χ0n) is 27.0. The number of rotatable bonds is 20. The Morgan fingerprint density at radius 3 is 2.21 bits per heavy atom. The summed E-state index contributed by atoms with van der Waals surface area (Å²) in [6.45, 7) is 3.31. The zero-order chi connectivity index (χ0) is 35.6. The lowest BCUT2D eigenvalue weighted by Gasteiger charge is -2.14. The van der Waals surface area contributed by atoms with E-state index in [1.54, 1.807) is 24.3 Å². The number of aliphatic hydroxyl groups is 2. The van der Waals surface area contributed by atoms with Gasteiger partial charge in [-0.2, -0.15) is 0 Å². The highest BCUT2D eigenvalue weighted by Gasteiger charge is 2.16. The second-order valence-corrected chi connectivity index (χ2v) is 14.3. The average Bonchev–Trinajstić information content (AvgIpc) is 3.02. The largest absolute Gasteiger partial charge is 0.508 e. The number of anilines is 1. The first-order chi connectivity index (χ1) is 22.7. The highest BCUT2D eigenvalue weighted by atomic mass is 32.2. The minimum absolute atomic E-state index is 0.0163. The van der Waals surface area contributed by atoms with Gasteiger partial charge in [0.15, 0.2) is 0 Å². The molecule has 0 saturated carbocycles. The summed E-state index contributed by atoms with van der Waals surface area (Å²) in [7, 11) is -7.87. The fourth-order valence-corrected chi connectivity index (χ4v) is 6.24. The highest BCUT2D eigenvalue weighted by molar-refractivity contribution is 7.92. The van der Waals surface area contributed by atoms with Crippen molar-refractivity contribution in [3.63, 3.8) is 0 Å². The van der Waals surface area contributed by atoms with E-state index in [4.69, 9.17) is 19.8 Å². The Bertz CT molecular complexity index is 1650. The maximum Gasteiger partial charge on any atom is 0.300 e. The first-order valence-electron chi connectivity index (χ1n) is 15.6. The number of carbonyl (C=O) groups is 1. The van der Waals surface area contributed by atoms with E-state index in [0.717, 1.165) is 57.6 Å². The molecule has 48 heavy (non-hydrogen) atoms. The monoisotopic (exact) mass is 709 g/mol. The van der Waals surface area contributed by atoms with Crippen LogP contribution >= 0.6 is 0 Å². The van der Waals surface area contributed by atoms with Crippen LogP contribution in [0.3, 0.4) is 0 Å². The summed E-state index contributed by atoms with van der Waals surface area (Å²) in [5, 5.41) is 45.0. The predicted octanol–water partition coefficient (Wildman–Crippen LogP) is 3.65. The number of carboxylic acids is 1. The maximum atomic E-state index is 12.9. The molecule has 0 fully saturated rings. The molecule has 3 aromatic carbocycles. The summed E-state index contributed by atoms with van der Waals surface area (Å²) in [5.74, 6) is -0.817. The Hall–Kier alpha value is -3.57. The van der Waals surface area contributed by atoms with Gasteiger partial charge in [-0.15, -0.1) is 0 Å². The molecule has 0 bridgehead atoms. The second-order valence-electron chi connectivity index (χ2n) is 11.1. The minimum Gasteiger partial charge on any atom is -0.508 e. The van der Waals surface area contributed by atoms with Crippen LogP contribution in [0.2, 0.25) is 0 Å². The molecule has 0 unspecified atom stereocenters. The van der Waals surface area contributed by atoms with Crippen molar-refractivity contribution in [2.45, 2.75) is 74.4 Å². The molecule has 266 valence electrons. The molecule has 0 aromatic heterocycles. The summed E-state index contributed by atoms with van der Waals surface area (Å²) in [6, 6.07) is 16.7. The van der Waals surface area contributed by atoms with Gasteiger partial charge in [-0.1, -0.05) is 37.1 Å². The predicted molar refractivity (Wildman–Crippen MR) is 182 cm³/mol. The van der Waals surface area contributed by atoms with Crippen molar-refractivity contribution in [1.82, 2.24) is 5.32 Å². The summed E-state index contributed by atoms with van der Waals surface area (Å²) in [4.78, 5) is 8.91. The van der Waals surface area contributed by atoms with Crippen molar-refractivity contribution in [1.29, 1.82) is 0 Å². The lowest BCUT2D eigenvalue weighted by molar-refractivity contribution is -0.134. The third kappa shape index (κ3) is 15.6. The van der Waals surface area contributed by atoms with Crippen LogP contribution in [0.4, 0.5) is 5.69 Å². The van der Waals surface area contributed by atoms with E-state index in [-0.39, 0.29) is 27.8 Å². The topological polar surface area (TPSA) is 226 Å². The molecule has 13 nitrogen and oxygen atoms in total. The Morgan fingerprint density at radius 2 is 1.52 bits per heavy atom. The molecular formula is C33H47N3O10S2. The van der Waals surface area contributed by atoms with Crippen LogP contribution in [-0.4, -0.2) is 69.5 Å². The highest BCUT2D eigenvalue weighted by Crippen LogP contribution is 2.23. The molecular weight excluding hydrogens is 663 g/mol. The first-order valence-corrected chi connectivity index (χ1v) is 18.6. The van der Waals surface area contributed by atoms with Crippen LogP contribution in [0.15, 0.2) is 76.5 Å². The number of sulfonamides is 2. The molecule has 0 spiro atoms. The van der Waals surface area contributed by atoms with E-state index in [1.165, 1.54) is 36.4 Å². The molecule has 0 amide bonds. The maximum absolute atomic E-state index is 12.9. The number of aliphatic hydroxyl groups excluding tert-OH is 2. The molecule has 3 aromatic rings. The van der Waals surface area contributed by atoms with Gasteiger partial charge in [0.1, 0.15) is 5.75 Å². The minimum atomic E-state index is -3.96. The van der Waals surface area contributed by atoms with Crippen LogP contribution in [0.5, 0.6) is 5.75 Å². The van der Waals surface area contributed by atoms with Crippen LogP contribution in [0, 0.1) is 0 Å². The Balaban J connectivity index is 0.00000189. The smallest absolute Gasteiger partial charge is 0.300 e. The zero-order valence-corrected chi connectivity index (χ0v) is 28.7. The number of aryl methyl sites for hydroxylation is 1. The Kier molecular flexibility index (Phi) is 17.5. The number of unbranched alkanes of at least 4 members (excludes halogenated alkanes) is 4. The van der Waals surface area contributed by atoms with Crippen molar-refractivity contribution in [3.05, 3.63) is 83.4 Å². The number of phenols is 1. The number of hydrogen-bond acceptors (Lipinski definition) is 10. The average molecular weight is 710 g/mol. The van der Waals surface area contributed by atoms with Gasteiger partial charge in [-0.05, 0) is 92.2 Å². The van der Waals surface area contributed by atoms with Crippen LogP contribution in [-0.2, 0) is 42.6 Å². The van der Waals surface area contributed by atoms with Crippen LogP contribution in [0.25, 0.3) is 0 Å². The molecule has 0 aliphatic rings. The number of hydrogen-bond donors (Lipinski definition) is 7. The summed E-state index contributed by atoms with van der Waals surface area (Å²) in [6.07, 6.45) is 5.72. The van der Waals surface area contributed by atoms with E-state index in [2.05, 4.69) is 10.0 Å². The van der Waals surface area contributed by atoms with Gasteiger partial charge < -0.3 is 30.5 Å². The van der Waals surface area contributed by atoms with E-state index < -0.39 is 32.1 Å². The molecule has 0 saturated heterocycles. The van der Waals surface area contributed by atoms with Crippen LogP contribution < -0.4 is 15.2 Å². The quantitative estimate of drug-likeness (QED) is 0.0838. The fourth-order valence-electron chi connectivity index (χ4n) is 4.56. The molecule has 3 rings (SSSR count). The van der Waals surface area contributed by atoms with Gasteiger partial charge in [-0.3, -0.25) is 9.52 Å². The number of aromatic hydroxyl groups is 1. The Morgan fingerprint density at radius 1 is 0.875 bits per heavy atom. The molecule has 0 aliphatic carbocycles. The number of benzene rings is 3. The van der Waals surface area contributed by atoms with Crippen LogP contribution in [0.1, 0.15) is 68.2 Å². The molecule has 0 radical (unpaired) electrons. The van der Waals surface area contributed by atoms with Gasteiger partial charge in [0.25, 0.3) is 16.0 Å². The number of primary sulfonamides is 1. The molecule has 0 aliphatic heterocycles. The van der Waals surface area contributed by atoms with Crippen molar-refractivity contribution in [2.75, 3.05) is 31.0 Å². The van der Waals surface area contributed by atoms with Gasteiger partial charge in [0, 0.05) is 32.2 Å². The lowest BCUT2D eigenvalue weighted by Crippen LogP contribution is -2.22. The number of aliphatic carboxylic acids is 1. The third-order valence-corrected chi connectivity index (χ3v) is 9.31. The SMILES string of the molecule is CC(=O)O.NS(=O)(=O)c1cccc(NS(=O)(=O)c2cccc(CCCCOCCCCCCNC[C@H](O)c3ccc(O)c(CO)c3)c2)c1. The number of nitrogens with two attached hydrogens (primary N) is 1. The summed E-state index contributed by atoms with van der Waals surface area (Å²) >= 11 is 0. The third-order valence-electron chi connectivity index (χ3n) is 7.02. The van der Waals surface area contributed by atoms with E-state index in [9.17, 15) is 32.2 Å². The Labute approximate surface area is 282 Å². The molecule has 1 atom stereocenters. The molecule has 0 heterocycles. The fraction of sp³-hybridized carbons (Fsp3) is 0.424. The van der Waals surface area contributed by atoms with Crippen molar-refractivity contribution >= 4 is 31.7 Å². The standard InChI is InChI=1S/C31H43N3O8S2.C2H4O2/c32-43(38,39)28-12-8-11-27(21-28)34-44(40,41)29-13-7-10-24(19-29)9-3-6-18-42-17-5-2-1-4-16-33-22-31(37)25-14-15-30(36)26(20-25)23-35;1-2(3)4/h7-8,10-15,19-21,31,33-37H,1-6,9,16-18,22-23H2,(H2,32,38,39);1H3,(H,3,4)/t31-;/m0./s1. The second kappa shape index (κ2) is 20.7. The van der Waals surface area contributed by atoms with Crippen molar-refractivity contribution in [3.8, 4) is 5.75 Å². The van der Waals surface area contributed by atoms with Crippen molar-refractivity contribution < 1.29 is 46.8 Å². The van der Waals surface area contributed by atoms with Gasteiger partial charge in [-0.25, -0.2) is 22.0 Å².